The van der Waals surface area contributed by atoms with E-state index in [1.165, 1.54) is 30.0 Å². The first-order chi connectivity index (χ1) is 22.9. The number of amides is 1. The number of hydrogen-bond acceptors (Lipinski definition) is 8. The average Bonchev–Trinajstić information content (AvgIpc) is 3.78. The molecule has 47 heavy (non-hydrogen) atoms. The first kappa shape index (κ1) is 30.2. The molecule has 0 fully saturated rings. The summed E-state index contributed by atoms with van der Waals surface area (Å²) in [6, 6.07) is 28.3. The predicted octanol–water partition coefficient (Wildman–Crippen LogP) is 6.71. The van der Waals surface area contributed by atoms with Gasteiger partial charge in [-0.3, -0.25) is 14.6 Å². The Kier molecular flexibility index (Phi) is 7.96. The number of para-hydroxylation sites is 3. The van der Waals surface area contributed by atoms with Gasteiger partial charge in [-0.15, -0.1) is 11.8 Å². The molecule has 0 saturated carbocycles. The Balaban J connectivity index is 1.60. The number of carbonyl (C=O) groups excluding carboxylic acids is 2. The highest BCUT2D eigenvalue weighted by Gasteiger charge is 2.29. The normalized spacial score (nSPS) is 11.8. The highest BCUT2D eigenvalue weighted by atomic mass is 32.2. The molecular formula is C35H28N8O2S2. The number of imidazole rings is 1. The minimum absolute atomic E-state index is 0.134. The quantitative estimate of drug-likeness (QED) is 0.138. The topological polar surface area (TPSA) is 113 Å². The summed E-state index contributed by atoms with van der Waals surface area (Å²) in [5.74, 6) is 0.675. The molecule has 0 aliphatic heterocycles. The smallest absolute Gasteiger partial charge is 0.279 e. The van der Waals surface area contributed by atoms with Crippen molar-refractivity contribution in [3.63, 3.8) is 0 Å². The van der Waals surface area contributed by atoms with E-state index in [1.807, 2.05) is 78.5 Å². The molecule has 4 heterocycles. The zero-order valence-electron chi connectivity index (χ0n) is 25.9. The Bertz CT molecular complexity index is 2370. The van der Waals surface area contributed by atoms with Crippen LogP contribution in [0, 0.1) is 6.92 Å². The fraction of sp³-hybridized carbons (Fsp3) is 0.114. The molecule has 3 aromatic carbocycles. The van der Waals surface area contributed by atoms with Gasteiger partial charge in [-0.2, -0.15) is 19.9 Å². The van der Waals surface area contributed by atoms with Crippen LogP contribution in [-0.2, 0) is 7.05 Å². The van der Waals surface area contributed by atoms with Crippen LogP contribution in [0.25, 0.3) is 44.5 Å². The van der Waals surface area contributed by atoms with Crippen LogP contribution in [-0.4, -0.2) is 52.0 Å². The van der Waals surface area contributed by atoms with E-state index in [9.17, 15) is 9.59 Å². The second kappa shape index (κ2) is 12.4. The van der Waals surface area contributed by atoms with E-state index >= 15 is 0 Å². The van der Waals surface area contributed by atoms with Crippen molar-refractivity contribution in [2.24, 2.45) is 12.0 Å². The van der Waals surface area contributed by atoms with Crippen molar-refractivity contribution in [3.05, 3.63) is 119 Å². The van der Waals surface area contributed by atoms with Crippen molar-refractivity contribution >= 4 is 45.8 Å². The number of ketones is 1. The summed E-state index contributed by atoms with van der Waals surface area (Å²) in [6.07, 6.45) is 3.62. The number of hydrogen-bond donors (Lipinski definition) is 0. The maximum Gasteiger partial charge on any atom is 0.279 e. The zero-order chi connectivity index (χ0) is 32.7. The molecule has 0 aliphatic rings. The summed E-state index contributed by atoms with van der Waals surface area (Å²) in [4.78, 5) is 40.8. The molecule has 10 nitrogen and oxygen atoms in total. The maximum atomic E-state index is 13.6. The molecule has 0 aliphatic carbocycles. The van der Waals surface area contributed by atoms with Gasteiger partial charge in [-0.1, -0.05) is 59.9 Å². The Morgan fingerprint density at radius 1 is 0.872 bits per heavy atom. The van der Waals surface area contributed by atoms with Crippen LogP contribution in [0.3, 0.4) is 0 Å². The molecule has 12 heteroatoms. The van der Waals surface area contributed by atoms with E-state index in [4.69, 9.17) is 15.2 Å². The van der Waals surface area contributed by atoms with Crippen molar-refractivity contribution in [1.82, 2.24) is 34.1 Å². The van der Waals surface area contributed by atoms with Gasteiger partial charge in [0.15, 0.2) is 11.6 Å². The molecule has 0 radical (unpaired) electrons. The molecule has 7 aromatic rings. The number of aryl methyl sites for hydroxylation is 2. The summed E-state index contributed by atoms with van der Waals surface area (Å²) in [5, 5.41) is 11.4. The minimum atomic E-state index is -0.424. The van der Waals surface area contributed by atoms with Gasteiger partial charge in [-0.05, 0) is 62.6 Å². The lowest BCUT2D eigenvalue weighted by molar-refractivity contribution is 0.0994. The van der Waals surface area contributed by atoms with Crippen LogP contribution in [0.1, 0.15) is 33.3 Å². The van der Waals surface area contributed by atoms with Gasteiger partial charge < -0.3 is 4.57 Å². The third-order valence-corrected chi connectivity index (χ3v) is 9.35. The number of rotatable bonds is 7. The largest absolute Gasteiger partial charge is 0.327 e. The first-order valence-electron chi connectivity index (χ1n) is 14.7. The number of Topliss-reactive ketones (excluding diaryl/α,β-unsaturated/α-hetero) is 1. The summed E-state index contributed by atoms with van der Waals surface area (Å²) in [6.45, 7) is 3.31. The maximum absolute atomic E-state index is 13.6. The second-order valence-corrected chi connectivity index (χ2v) is 12.4. The highest BCUT2D eigenvalue weighted by Crippen LogP contribution is 2.38. The van der Waals surface area contributed by atoms with E-state index < -0.39 is 5.91 Å². The molecular weight excluding hydrogens is 629 g/mol. The number of pyridine rings is 1. The molecule has 1 amide bonds. The number of fused-ring (bicyclic) bond motifs is 1. The van der Waals surface area contributed by atoms with Crippen molar-refractivity contribution < 1.29 is 9.59 Å². The summed E-state index contributed by atoms with van der Waals surface area (Å²) < 4.78 is 5.49. The van der Waals surface area contributed by atoms with Crippen LogP contribution in [0.15, 0.2) is 107 Å². The van der Waals surface area contributed by atoms with Gasteiger partial charge in [0.05, 0.1) is 22.3 Å². The summed E-state index contributed by atoms with van der Waals surface area (Å²) in [7, 11) is 1.97. The number of benzene rings is 3. The lowest BCUT2D eigenvalue weighted by Crippen LogP contribution is -2.21. The second-order valence-electron chi connectivity index (χ2n) is 10.7. The zero-order valence-corrected chi connectivity index (χ0v) is 27.6. The van der Waals surface area contributed by atoms with Gasteiger partial charge in [0, 0.05) is 35.6 Å². The van der Waals surface area contributed by atoms with E-state index in [0.29, 0.717) is 48.9 Å². The molecule has 0 bridgehead atoms. The standard InChI is InChI=1S/C35H28N8O2S2/c1-21-28(22(2)44)25(19-20-36-21)32-39-43(35(47-32)38-31(45)23-13-7-5-8-14-23)34-29(30-37-26-17-11-12-18-27(26)41(30)3)33(46-4)40-42(34)24-15-9-6-10-16-24/h5-20H,1-4H3. The van der Waals surface area contributed by atoms with E-state index in [0.717, 1.165) is 22.3 Å². The monoisotopic (exact) mass is 656 g/mol. The van der Waals surface area contributed by atoms with Gasteiger partial charge in [0.1, 0.15) is 15.9 Å². The highest BCUT2D eigenvalue weighted by molar-refractivity contribution is 7.98. The molecule has 0 saturated heterocycles. The van der Waals surface area contributed by atoms with E-state index in [1.54, 1.807) is 52.8 Å². The number of carbonyl (C=O) groups is 2. The van der Waals surface area contributed by atoms with Crippen molar-refractivity contribution in [3.8, 4) is 33.5 Å². The third-order valence-electron chi connectivity index (χ3n) is 7.74. The minimum Gasteiger partial charge on any atom is -0.327 e. The molecule has 0 N–H and O–H groups in total. The number of aromatic nitrogens is 7. The SMILES string of the molecule is CSc1nn(-c2ccccc2)c(-n2nc(-c3ccnc(C)c3C(C)=O)sc2=NC(=O)c2ccccc2)c1-c1nc2ccccc2n1C. The van der Waals surface area contributed by atoms with Gasteiger partial charge >= 0.3 is 0 Å². The molecule has 4 aromatic heterocycles. The van der Waals surface area contributed by atoms with Crippen molar-refractivity contribution in [2.45, 2.75) is 18.9 Å². The van der Waals surface area contributed by atoms with Crippen LogP contribution < -0.4 is 4.80 Å². The predicted molar refractivity (Wildman–Crippen MR) is 184 cm³/mol. The van der Waals surface area contributed by atoms with Crippen LogP contribution in [0.2, 0.25) is 0 Å². The third kappa shape index (κ3) is 5.41. The molecule has 0 unspecified atom stereocenters. The Morgan fingerprint density at radius 3 is 2.28 bits per heavy atom. The molecule has 0 spiro atoms. The van der Waals surface area contributed by atoms with E-state index in [-0.39, 0.29) is 5.78 Å². The molecule has 0 atom stereocenters. The Hall–Kier alpha value is -5.46. The lowest BCUT2D eigenvalue weighted by Gasteiger charge is -2.10. The van der Waals surface area contributed by atoms with Gasteiger partial charge in [0.2, 0.25) is 4.80 Å². The molecule has 7 rings (SSSR count). The summed E-state index contributed by atoms with van der Waals surface area (Å²) >= 11 is 2.70. The van der Waals surface area contributed by atoms with E-state index in [2.05, 4.69) is 9.98 Å². The average molecular weight is 657 g/mol. The van der Waals surface area contributed by atoms with Crippen molar-refractivity contribution in [1.29, 1.82) is 0 Å². The van der Waals surface area contributed by atoms with Crippen LogP contribution in [0.4, 0.5) is 0 Å². The number of thioether (sulfide) groups is 1. The fourth-order valence-corrected chi connectivity index (χ4v) is 7.03. The van der Waals surface area contributed by atoms with Gasteiger partial charge in [0.25, 0.3) is 5.91 Å². The molecule has 232 valence electrons. The first-order valence-corrected chi connectivity index (χ1v) is 16.8. The summed E-state index contributed by atoms with van der Waals surface area (Å²) in [5.41, 5.74) is 5.41. The Labute approximate surface area is 278 Å². The van der Waals surface area contributed by atoms with Gasteiger partial charge in [-0.25, -0.2) is 9.67 Å². The Morgan fingerprint density at radius 2 is 1.57 bits per heavy atom. The van der Waals surface area contributed by atoms with Crippen LogP contribution >= 0.6 is 23.1 Å². The van der Waals surface area contributed by atoms with Crippen LogP contribution in [0.5, 0.6) is 0 Å². The van der Waals surface area contributed by atoms with Crippen molar-refractivity contribution in [2.75, 3.05) is 6.26 Å². The lowest BCUT2D eigenvalue weighted by atomic mass is 10.0. The fourth-order valence-electron chi connectivity index (χ4n) is 5.56. The number of nitrogens with zero attached hydrogens (tertiary/aromatic N) is 8.